The fourth-order valence-electron chi connectivity index (χ4n) is 2.75. The Kier molecular flexibility index (Phi) is 5.50. The van der Waals surface area contributed by atoms with Crippen molar-refractivity contribution in [3.63, 3.8) is 0 Å². The number of methoxy groups -OCH3 is 1. The van der Waals surface area contributed by atoms with Gasteiger partial charge in [0.2, 0.25) is 0 Å². The first-order chi connectivity index (χ1) is 7.60. The number of ether oxygens (including phenoxy) is 1. The van der Waals surface area contributed by atoms with Gasteiger partial charge in [0.25, 0.3) is 0 Å². The molecule has 1 aliphatic carbocycles. The first-order valence-electron chi connectivity index (χ1n) is 6.48. The zero-order chi connectivity index (χ0) is 12.1. The van der Waals surface area contributed by atoms with E-state index >= 15 is 0 Å². The van der Waals surface area contributed by atoms with Gasteiger partial charge in [0, 0.05) is 13.0 Å². The molecule has 0 aromatic heterocycles. The lowest BCUT2D eigenvalue weighted by Crippen LogP contribution is -2.30. The Balaban J connectivity index is 2.77. The van der Waals surface area contributed by atoms with Gasteiger partial charge in [0.1, 0.15) is 0 Å². The van der Waals surface area contributed by atoms with Crippen molar-refractivity contribution in [2.45, 2.75) is 46.1 Å². The molecule has 0 radical (unpaired) electrons. The van der Waals surface area contributed by atoms with Gasteiger partial charge in [-0.2, -0.15) is 0 Å². The molecule has 0 amide bonds. The Morgan fingerprint density at radius 1 is 1.50 bits per heavy atom. The molecule has 0 aliphatic heterocycles. The van der Waals surface area contributed by atoms with Gasteiger partial charge in [-0.25, -0.2) is 0 Å². The van der Waals surface area contributed by atoms with Gasteiger partial charge >= 0.3 is 0 Å². The third-order valence-electron chi connectivity index (χ3n) is 3.78. The first-order valence-corrected chi connectivity index (χ1v) is 6.48. The van der Waals surface area contributed by atoms with Crippen LogP contribution in [0, 0.1) is 17.8 Å². The van der Waals surface area contributed by atoms with E-state index in [0.717, 1.165) is 19.4 Å². The molecular formula is C14H26O2. The maximum atomic E-state index is 9.93. The Morgan fingerprint density at radius 3 is 2.75 bits per heavy atom. The van der Waals surface area contributed by atoms with E-state index in [1.165, 1.54) is 12.0 Å². The Morgan fingerprint density at radius 2 is 2.19 bits per heavy atom. The Hall–Kier alpha value is -0.340. The highest BCUT2D eigenvalue weighted by molar-refractivity contribution is 5.15. The minimum Gasteiger partial charge on any atom is -0.393 e. The molecule has 0 saturated heterocycles. The molecule has 16 heavy (non-hydrogen) atoms. The zero-order valence-corrected chi connectivity index (χ0v) is 11.1. The summed E-state index contributed by atoms with van der Waals surface area (Å²) in [5.74, 6) is 1.43. The standard InChI is InChI=1S/C14H26O2/c1-5-12-6-7-14(15)11(3)13(12)8-10(2)9-16-4/h8,10-12,14-15H,5-7,9H2,1-4H3/b13-8+/t10-,11?,12?,14?/m1/s1. The average Bonchev–Trinajstić information content (AvgIpc) is 2.25. The summed E-state index contributed by atoms with van der Waals surface area (Å²) in [5.41, 5.74) is 1.45. The quantitative estimate of drug-likeness (QED) is 0.747. The molecule has 0 aromatic rings. The van der Waals surface area contributed by atoms with Crippen molar-refractivity contribution in [2.24, 2.45) is 17.8 Å². The first kappa shape index (κ1) is 13.7. The van der Waals surface area contributed by atoms with Crippen LogP contribution in [0.25, 0.3) is 0 Å². The minimum atomic E-state index is -0.149. The van der Waals surface area contributed by atoms with Gasteiger partial charge in [-0.3, -0.25) is 0 Å². The van der Waals surface area contributed by atoms with Crippen LogP contribution in [0.5, 0.6) is 0 Å². The number of hydrogen-bond donors (Lipinski definition) is 1. The van der Waals surface area contributed by atoms with Crippen LogP contribution in [-0.2, 0) is 4.74 Å². The SMILES string of the molecule is CCC1CCC(O)C(C)/C1=C\[C@@H](C)COC. The van der Waals surface area contributed by atoms with Gasteiger partial charge in [-0.05, 0) is 31.1 Å². The molecular weight excluding hydrogens is 200 g/mol. The van der Waals surface area contributed by atoms with E-state index in [2.05, 4.69) is 26.8 Å². The van der Waals surface area contributed by atoms with E-state index in [4.69, 9.17) is 4.74 Å². The molecule has 3 unspecified atom stereocenters. The lowest BCUT2D eigenvalue weighted by molar-refractivity contribution is 0.0898. The highest BCUT2D eigenvalue weighted by atomic mass is 16.5. The average molecular weight is 226 g/mol. The molecule has 1 N–H and O–H groups in total. The van der Waals surface area contributed by atoms with Crippen LogP contribution in [0.15, 0.2) is 11.6 Å². The summed E-state index contributed by atoms with van der Waals surface area (Å²) in [4.78, 5) is 0. The lowest BCUT2D eigenvalue weighted by Gasteiger charge is -2.34. The lowest BCUT2D eigenvalue weighted by atomic mass is 9.74. The third-order valence-corrected chi connectivity index (χ3v) is 3.78. The van der Waals surface area contributed by atoms with E-state index in [9.17, 15) is 5.11 Å². The van der Waals surface area contributed by atoms with E-state index in [0.29, 0.717) is 17.8 Å². The fourth-order valence-corrected chi connectivity index (χ4v) is 2.75. The summed E-state index contributed by atoms with van der Waals surface area (Å²) in [5, 5.41) is 9.93. The van der Waals surface area contributed by atoms with Crippen molar-refractivity contribution in [2.75, 3.05) is 13.7 Å². The summed E-state index contributed by atoms with van der Waals surface area (Å²) < 4.78 is 5.17. The van der Waals surface area contributed by atoms with Gasteiger partial charge in [-0.15, -0.1) is 0 Å². The summed E-state index contributed by atoms with van der Waals surface area (Å²) in [7, 11) is 1.74. The molecule has 0 heterocycles. The largest absolute Gasteiger partial charge is 0.393 e. The predicted molar refractivity (Wildman–Crippen MR) is 67.3 cm³/mol. The minimum absolute atomic E-state index is 0.149. The van der Waals surface area contributed by atoms with Crippen LogP contribution in [0.3, 0.4) is 0 Å². The molecule has 0 spiro atoms. The second-order valence-electron chi connectivity index (χ2n) is 5.14. The smallest absolute Gasteiger partial charge is 0.0603 e. The van der Waals surface area contributed by atoms with E-state index in [-0.39, 0.29) is 6.10 Å². The number of hydrogen-bond acceptors (Lipinski definition) is 2. The highest BCUT2D eigenvalue weighted by Gasteiger charge is 2.29. The monoisotopic (exact) mass is 226 g/mol. The molecule has 2 heteroatoms. The molecule has 2 nitrogen and oxygen atoms in total. The van der Waals surface area contributed by atoms with Crippen molar-refractivity contribution in [3.8, 4) is 0 Å². The number of aliphatic hydroxyl groups excluding tert-OH is 1. The predicted octanol–water partition coefficient (Wildman–Crippen LogP) is 3.01. The topological polar surface area (TPSA) is 29.5 Å². The van der Waals surface area contributed by atoms with Crippen LogP contribution < -0.4 is 0 Å². The van der Waals surface area contributed by atoms with E-state index in [1.807, 2.05) is 0 Å². The highest BCUT2D eigenvalue weighted by Crippen LogP contribution is 2.36. The molecule has 4 atom stereocenters. The molecule has 0 bridgehead atoms. The van der Waals surface area contributed by atoms with E-state index < -0.39 is 0 Å². The van der Waals surface area contributed by atoms with Gasteiger partial charge in [-0.1, -0.05) is 32.4 Å². The number of aliphatic hydroxyl groups is 1. The maximum Gasteiger partial charge on any atom is 0.0603 e. The van der Waals surface area contributed by atoms with Crippen molar-refractivity contribution >= 4 is 0 Å². The molecule has 1 aliphatic rings. The molecule has 1 saturated carbocycles. The van der Waals surface area contributed by atoms with Gasteiger partial charge < -0.3 is 9.84 Å². The van der Waals surface area contributed by atoms with Crippen molar-refractivity contribution in [3.05, 3.63) is 11.6 Å². The van der Waals surface area contributed by atoms with E-state index in [1.54, 1.807) is 7.11 Å². The normalized spacial score (nSPS) is 35.3. The summed E-state index contributed by atoms with van der Waals surface area (Å²) in [6.07, 6.45) is 5.44. The Labute approximate surface area is 99.7 Å². The molecule has 0 aromatic carbocycles. The molecule has 1 rings (SSSR count). The van der Waals surface area contributed by atoms with Gasteiger partial charge in [0.15, 0.2) is 0 Å². The second-order valence-corrected chi connectivity index (χ2v) is 5.14. The Bertz CT molecular complexity index is 231. The van der Waals surface area contributed by atoms with Crippen molar-refractivity contribution < 1.29 is 9.84 Å². The summed E-state index contributed by atoms with van der Waals surface area (Å²) >= 11 is 0. The third kappa shape index (κ3) is 3.33. The van der Waals surface area contributed by atoms with Crippen LogP contribution >= 0.6 is 0 Å². The van der Waals surface area contributed by atoms with Crippen LogP contribution in [0.4, 0.5) is 0 Å². The summed E-state index contributed by atoms with van der Waals surface area (Å²) in [6.45, 7) is 7.33. The molecule has 94 valence electrons. The van der Waals surface area contributed by atoms with Crippen molar-refractivity contribution in [1.29, 1.82) is 0 Å². The summed E-state index contributed by atoms with van der Waals surface area (Å²) in [6, 6.07) is 0. The van der Waals surface area contributed by atoms with Crippen LogP contribution in [0.1, 0.15) is 40.0 Å². The number of rotatable bonds is 4. The fraction of sp³-hybridized carbons (Fsp3) is 0.857. The maximum absolute atomic E-state index is 9.93. The zero-order valence-electron chi connectivity index (χ0n) is 11.1. The molecule has 1 fully saturated rings. The second kappa shape index (κ2) is 6.41. The van der Waals surface area contributed by atoms with Gasteiger partial charge in [0.05, 0.1) is 12.7 Å². The van der Waals surface area contributed by atoms with Crippen LogP contribution in [-0.4, -0.2) is 24.9 Å². The van der Waals surface area contributed by atoms with Crippen LogP contribution in [0.2, 0.25) is 0 Å². The van der Waals surface area contributed by atoms with Crippen molar-refractivity contribution in [1.82, 2.24) is 0 Å².